The van der Waals surface area contributed by atoms with Crippen LogP contribution in [-0.4, -0.2) is 25.8 Å². The second-order valence-corrected chi connectivity index (χ2v) is 5.88. The molecule has 0 spiro atoms. The quantitative estimate of drug-likeness (QED) is 0.685. The first-order valence-corrected chi connectivity index (χ1v) is 7.01. The summed E-state index contributed by atoms with van der Waals surface area (Å²) in [6.45, 7) is 3.83. The van der Waals surface area contributed by atoms with Gasteiger partial charge in [0.25, 0.3) is 5.69 Å². The zero-order chi connectivity index (χ0) is 16.6. The Balaban J connectivity index is 1.97. The number of nitro groups is 1. The van der Waals surface area contributed by atoms with E-state index in [0.717, 1.165) is 0 Å². The van der Waals surface area contributed by atoms with Crippen LogP contribution in [0.4, 0.5) is 5.69 Å². The number of hydrogen-bond acceptors (Lipinski definition) is 7. The number of nitrogens with zero attached hydrogens (tertiary/aromatic N) is 3. The van der Waals surface area contributed by atoms with Gasteiger partial charge in [0.1, 0.15) is 17.5 Å². The van der Waals surface area contributed by atoms with Crippen LogP contribution in [0.5, 0.6) is 17.5 Å². The Labute approximate surface area is 131 Å². The summed E-state index contributed by atoms with van der Waals surface area (Å²) >= 11 is 0. The molecule has 120 valence electrons. The molecule has 0 amide bonds. The van der Waals surface area contributed by atoms with E-state index in [2.05, 4.69) is 10.2 Å². The van der Waals surface area contributed by atoms with Gasteiger partial charge in [0.15, 0.2) is 0 Å². The van der Waals surface area contributed by atoms with E-state index in [-0.39, 0.29) is 17.4 Å². The second kappa shape index (κ2) is 5.38. The first kappa shape index (κ1) is 15.0. The van der Waals surface area contributed by atoms with Gasteiger partial charge in [-0.2, -0.15) is 0 Å². The van der Waals surface area contributed by atoms with Gasteiger partial charge in [0.05, 0.1) is 4.92 Å². The SMILES string of the molecule is CC1(C)CC(Oc2ccc(O)nn2)c2cc([N+](=O)[O-])ccc2O1. The van der Waals surface area contributed by atoms with Crippen molar-refractivity contribution < 1.29 is 19.5 Å². The maximum atomic E-state index is 11.0. The molecule has 1 unspecified atom stereocenters. The van der Waals surface area contributed by atoms with E-state index in [1.807, 2.05) is 13.8 Å². The molecule has 1 N–H and O–H groups in total. The summed E-state index contributed by atoms with van der Waals surface area (Å²) in [7, 11) is 0. The van der Waals surface area contributed by atoms with Crippen LogP contribution in [0, 0.1) is 10.1 Å². The average molecular weight is 317 g/mol. The summed E-state index contributed by atoms with van der Waals surface area (Å²) in [5, 5.41) is 27.4. The summed E-state index contributed by atoms with van der Waals surface area (Å²) in [4.78, 5) is 10.5. The van der Waals surface area contributed by atoms with Crippen molar-refractivity contribution in [2.45, 2.75) is 32.0 Å². The van der Waals surface area contributed by atoms with Crippen molar-refractivity contribution >= 4 is 5.69 Å². The van der Waals surface area contributed by atoms with Crippen molar-refractivity contribution in [2.24, 2.45) is 0 Å². The summed E-state index contributed by atoms with van der Waals surface area (Å²) in [6.07, 6.45) is 0.0245. The van der Waals surface area contributed by atoms with E-state index in [0.29, 0.717) is 17.7 Å². The predicted octanol–water partition coefficient (Wildman–Crippen LogP) is 2.77. The van der Waals surface area contributed by atoms with E-state index in [4.69, 9.17) is 9.47 Å². The zero-order valence-electron chi connectivity index (χ0n) is 12.6. The number of rotatable bonds is 3. The molecular weight excluding hydrogens is 302 g/mol. The van der Waals surface area contributed by atoms with Gasteiger partial charge in [-0.05, 0) is 19.9 Å². The van der Waals surface area contributed by atoms with Crippen molar-refractivity contribution in [1.29, 1.82) is 0 Å². The molecular formula is C15H15N3O5. The van der Waals surface area contributed by atoms with Crippen LogP contribution in [0.25, 0.3) is 0 Å². The molecule has 23 heavy (non-hydrogen) atoms. The largest absolute Gasteiger partial charge is 0.492 e. The fraction of sp³-hybridized carbons (Fsp3) is 0.333. The topological polar surface area (TPSA) is 108 Å². The highest BCUT2D eigenvalue weighted by atomic mass is 16.6. The highest BCUT2D eigenvalue weighted by Gasteiger charge is 2.36. The van der Waals surface area contributed by atoms with Crippen LogP contribution in [0.15, 0.2) is 30.3 Å². The molecule has 0 saturated carbocycles. The van der Waals surface area contributed by atoms with Crippen molar-refractivity contribution in [3.05, 3.63) is 46.0 Å². The Morgan fingerprint density at radius 1 is 1.35 bits per heavy atom. The molecule has 1 aliphatic heterocycles. The maximum Gasteiger partial charge on any atom is 0.270 e. The number of nitro benzene ring substituents is 1. The van der Waals surface area contributed by atoms with Crippen LogP contribution in [-0.2, 0) is 0 Å². The Morgan fingerprint density at radius 2 is 2.13 bits per heavy atom. The predicted molar refractivity (Wildman–Crippen MR) is 79.5 cm³/mol. The van der Waals surface area contributed by atoms with Gasteiger partial charge in [-0.25, -0.2) is 0 Å². The number of hydrogen-bond donors (Lipinski definition) is 1. The van der Waals surface area contributed by atoms with Gasteiger partial charge < -0.3 is 14.6 Å². The molecule has 1 aromatic carbocycles. The monoisotopic (exact) mass is 317 g/mol. The van der Waals surface area contributed by atoms with Gasteiger partial charge in [-0.1, -0.05) is 0 Å². The maximum absolute atomic E-state index is 11.0. The molecule has 2 aromatic rings. The molecule has 0 fully saturated rings. The lowest BCUT2D eigenvalue weighted by Gasteiger charge is -2.37. The summed E-state index contributed by atoms with van der Waals surface area (Å²) < 4.78 is 11.7. The van der Waals surface area contributed by atoms with Crippen LogP contribution in [0.3, 0.4) is 0 Å². The van der Waals surface area contributed by atoms with Gasteiger partial charge in [0.2, 0.25) is 11.8 Å². The molecule has 0 saturated heterocycles. The Morgan fingerprint density at radius 3 is 2.78 bits per heavy atom. The molecule has 0 radical (unpaired) electrons. The summed E-state index contributed by atoms with van der Waals surface area (Å²) in [5.74, 6) is 0.562. The molecule has 0 aliphatic carbocycles. The first-order valence-electron chi connectivity index (χ1n) is 7.01. The smallest absolute Gasteiger partial charge is 0.270 e. The molecule has 2 heterocycles. The van der Waals surface area contributed by atoms with Crippen LogP contribution < -0.4 is 9.47 Å². The molecule has 1 atom stereocenters. The lowest BCUT2D eigenvalue weighted by Crippen LogP contribution is -2.36. The van der Waals surface area contributed by atoms with Gasteiger partial charge in [-0.15, -0.1) is 10.2 Å². The molecule has 1 aromatic heterocycles. The Hall–Kier alpha value is -2.90. The normalized spacial score (nSPS) is 18.6. The minimum absolute atomic E-state index is 0.0301. The van der Waals surface area contributed by atoms with Crippen LogP contribution in [0.1, 0.15) is 31.9 Å². The minimum Gasteiger partial charge on any atom is -0.492 e. The number of aromatic nitrogens is 2. The van der Waals surface area contributed by atoms with E-state index in [9.17, 15) is 15.2 Å². The van der Waals surface area contributed by atoms with Crippen molar-refractivity contribution in [3.63, 3.8) is 0 Å². The fourth-order valence-corrected chi connectivity index (χ4v) is 2.52. The van der Waals surface area contributed by atoms with Crippen molar-refractivity contribution in [1.82, 2.24) is 10.2 Å². The van der Waals surface area contributed by atoms with Gasteiger partial charge in [-0.3, -0.25) is 10.1 Å². The Bertz CT molecular complexity index is 745. The lowest BCUT2D eigenvalue weighted by atomic mass is 9.91. The number of aromatic hydroxyl groups is 1. The third-order valence-electron chi connectivity index (χ3n) is 3.50. The van der Waals surface area contributed by atoms with E-state index in [1.54, 1.807) is 6.07 Å². The van der Waals surface area contributed by atoms with E-state index >= 15 is 0 Å². The number of non-ortho nitro benzene ring substituents is 1. The fourth-order valence-electron chi connectivity index (χ4n) is 2.52. The lowest BCUT2D eigenvalue weighted by molar-refractivity contribution is -0.385. The van der Waals surface area contributed by atoms with Crippen molar-refractivity contribution in [2.75, 3.05) is 0 Å². The highest BCUT2D eigenvalue weighted by Crippen LogP contribution is 2.42. The molecule has 3 rings (SSSR count). The van der Waals surface area contributed by atoms with Crippen LogP contribution in [0.2, 0.25) is 0 Å². The number of fused-ring (bicyclic) bond motifs is 1. The van der Waals surface area contributed by atoms with E-state index in [1.165, 1.54) is 24.3 Å². The number of benzene rings is 1. The standard InChI is InChI=1S/C15H15N3O5/c1-15(2)8-12(22-14-6-5-13(19)16-17-14)10-7-9(18(20)21)3-4-11(10)23-15/h3-7,12H,8H2,1-2H3,(H,16,19). The van der Waals surface area contributed by atoms with Gasteiger partial charge >= 0.3 is 0 Å². The highest BCUT2D eigenvalue weighted by molar-refractivity contribution is 5.47. The third kappa shape index (κ3) is 3.15. The summed E-state index contributed by atoms with van der Waals surface area (Å²) in [6, 6.07) is 7.27. The Kier molecular flexibility index (Phi) is 3.51. The zero-order valence-corrected chi connectivity index (χ0v) is 12.6. The third-order valence-corrected chi connectivity index (χ3v) is 3.50. The van der Waals surface area contributed by atoms with E-state index < -0.39 is 16.6 Å². The molecule has 8 heteroatoms. The first-order chi connectivity index (χ1) is 10.8. The average Bonchev–Trinajstić information content (AvgIpc) is 2.48. The minimum atomic E-state index is -0.488. The summed E-state index contributed by atoms with van der Waals surface area (Å²) in [5.41, 5.74) is 0.0730. The second-order valence-electron chi connectivity index (χ2n) is 5.88. The van der Waals surface area contributed by atoms with Crippen LogP contribution >= 0.6 is 0 Å². The molecule has 8 nitrogen and oxygen atoms in total. The molecule has 0 bridgehead atoms. The number of ether oxygens (including phenoxy) is 2. The molecule has 1 aliphatic rings. The van der Waals surface area contributed by atoms with Crippen molar-refractivity contribution in [3.8, 4) is 17.5 Å². The van der Waals surface area contributed by atoms with Gasteiger partial charge in [0, 0.05) is 36.2 Å².